The van der Waals surface area contributed by atoms with Crippen LogP contribution in [0.15, 0.2) is 5.10 Å². The maximum Gasteiger partial charge on any atom is 0.257 e. The van der Waals surface area contributed by atoms with Gasteiger partial charge in [-0.3, -0.25) is 19.2 Å². The minimum absolute atomic E-state index is 0.00406. The smallest absolute Gasteiger partial charge is 0.257 e. The van der Waals surface area contributed by atoms with E-state index >= 15 is 0 Å². The van der Waals surface area contributed by atoms with Gasteiger partial charge >= 0.3 is 0 Å². The maximum atomic E-state index is 12.2. The van der Waals surface area contributed by atoms with E-state index in [0.717, 1.165) is 0 Å². The van der Waals surface area contributed by atoms with Crippen molar-refractivity contribution < 1.29 is 9.59 Å². The molecule has 1 unspecified atom stereocenters. The van der Waals surface area contributed by atoms with Gasteiger partial charge in [-0.05, 0) is 33.0 Å². The maximum absolute atomic E-state index is 12.2. The van der Waals surface area contributed by atoms with Crippen LogP contribution in [0.2, 0.25) is 19.6 Å². The molecule has 5 nitrogen and oxygen atoms in total. The number of carbonyl (C=O) groups excluding carboxylic acids is 2. The van der Waals surface area contributed by atoms with Crippen molar-refractivity contribution in [3.63, 3.8) is 0 Å². The monoisotopic (exact) mass is 239 g/mol. The summed E-state index contributed by atoms with van der Waals surface area (Å²) in [6.07, 6.45) is 1.09. The molecule has 0 saturated carbocycles. The van der Waals surface area contributed by atoms with Crippen molar-refractivity contribution in [1.82, 2.24) is 9.57 Å². The van der Waals surface area contributed by atoms with Crippen LogP contribution in [-0.2, 0) is 9.59 Å². The van der Waals surface area contributed by atoms with E-state index in [-0.39, 0.29) is 17.9 Å². The Morgan fingerprint density at radius 2 is 1.94 bits per heavy atom. The average Bonchev–Trinajstić information content (AvgIpc) is 2.53. The molecule has 0 radical (unpaired) electrons. The summed E-state index contributed by atoms with van der Waals surface area (Å²) >= 11 is 0. The Morgan fingerprint density at radius 1 is 1.31 bits per heavy atom. The fourth-order valence-electron chi connectivity index (χ4n) is 2.19. The van der Waals surface area contributed by atoms with Gasteiger partial charge in [-0.2, -0.15) is 5.10 Å². The third-order valence-electron chi connectivity index (χ3n) is 2.93. The van der Waals surface area contributed by atoms with Crippen LogP contribution in [0.1, 0.15) is 19.8 Å². The SMILES string of the molecule is CC1=NN([Si](C)(C)C)C(=O)C2CCC(=O)N12. The van der Waals surface area contributed by atoms with E-state index in [1.165, 1.54) is 0 Å². The van der Waals surface area contributed by atoms with Gasteiger partial charge < -0.3 is 0 Å². The molecule has 2 rings (SSSR count). The Kier molecular flexibility index (Phi) is 2.41. The largest absolute Gasteiger partial charge is 0.286 e. The van der Waals surface area contributed by atoms with Crippen LogP contribution in [0.5, 0.6) is 0 Å². The Balaban J connectivity index is 2.40. The van der Waals surface area contributed by atoms with Gasteiger partial charge in [0.1, 0.15) is 11.9 Å². The first-order chi connectivity index (χ1) is 7.32. The number of hydrogen-bond donors (Lipinski definition) is 0. The van der Waals surface area contributed by atoms with Gasteiger partial charge in [0.15, 0.2) is 8.24 Å². The van der Waals surface area contributed by atoms with Crippen LogP contribution in [0.3, 0.4) is 0 Å². The van der Waals surface area contributed by atoms with Gasteiger partial charge in [-0.15, -0.1) is 0 Å². The molecule has 0 aromatic rings. The predicted octanol–water partition coefficient (Wildman–Crippen LogP) is 0.988. The summed E-state index contributed by atoms with van der Waals surface area (Å²) in [5.41, 5.74) is 0. The number of rotatable bonds is 1. The summed E-state index contributed by atoms with van der Waals surface area (Å²) in [5, 5.41) is 4.29. The molecule has 88 valence electrons. The normalized spacial score (nSPS) is 26.0. The number of fused-ring (bicyclic) bond motifs is 1. The lowest BCUT2D eigenvalue weighted by atomic mass is 10.2. The van der Waals surface area contributed by atoms with Crippen LogP contribution in [0, 0.1) is 0 Å². The van der Waals surface area contributed by atoms with Crippen LogP contribution in [0.4, 0.5) is 0 Å². The molecule has 2 amide bonds. The lowest BCUT2D eigenvalue weighted by Crippen LogP contribution is -2.58. The van der Waals surface area contributed by atoms with Crippen molar-refractivity contribution in [3.8, 4) is 0 Å². The minimum atomic E-state index is -1.78. The Bertz CT molecular complexity index is 386. The minimum Gasteiger partial charge on any atom is -0.286 e. The predicted molar refractivity (Wildman–Crippen MR) is 63.2 cm³/mol. The zero-order chi connectivity index (χ0) is 12.1. The fraction of sp³-hybridized carbons (Fsp3) is 0.700. The third kappa shape index (κ3) is 1.57. The number of carbonyl (C=O) groups is 2. The highest BCUT2D eigenvalue weighted by molar-refractivity contribution is 6.75. The molecule has 0 aliphatic carbocycles. The Morgan fingerprint density at radius 3 is 2.50 bits per heavy atom. The molecule has 1 atom stereocenters. The van der Waals surface area contributed by atoms with Gasteiger partial charge in [-0.25, -0.2) is 0 Å². The summed E-state index contributed by atoms with van der Waals surface area (Å²) < 4.78 is 1.64. The Labute approximate surface area is 96.2 Å². The summed E-state index contributed by atoms with van der Waals surface area (Å²) in [4.78, 5) is 25.4. The van der Waals surface area contributed by atoms with Gasteiger partial charge in [0, 0.05) is 6.42 Å². The highest BCUT2D eigenvalue weighted by Crippen LogP contribution is 2.27. The molecule has 2 heterocycles. The lowest BCUT2D eigenvalue weighted by molar-refractivity contribution is -0.137. The second kappa shape index (κ2) is 3.41. The average molecular weight is 239 g/mol. The van der Waals surface area contributed by atoms with Crippen LogP contribution in [-0.4, -0.2) is 41.5 Å². The molecular weight excluding hydrogens is 222 g/mol. The zero-order valence-electron chi connectivity index (χ0n) is 10.1. The summed E-state index contributed by atoms with van der Waals surface area (Å²) in [5.74, 6) is 0.681. The topological polar surface area (TPSA) is 53.0 Å². The number of hydrazone groups is 1. The molecule has 0 spiro atoms. The first-order valence-electron chi connectivity index (χ1n) is 5.53. The highest BCUT2D eigenvalue weighted by atomic mass is 28.3. The van der Waals surface area contributed by atoms with Crippen LogP contribution in [0.25, 0.3) is 0 Å². The lowest BCUT2D eigenvalue weighted by Gasteiger charge is -2.39. The second-order valence-corrected chi connectivity index (χ2v) is 10.1. The first kappa shape index (κ1) is 11.3. The molecule has 2 aliphatic heterocycles. The molecule has 1 saturated heterocycles. The number of nitrogens with zero attached hydrogens (tertiary/aromatic N) is 3. The van der Waals surface area contributed by atoms with Crippen molar-refractivity contribution in [2.45, 2.75) is 45.4 Å². The van der Waals surface area contributed by atoms with E-state index in [9.17, 15) is 9.59 Å². The summed E-state index contributed by atoms with van der Waals surface area (Å²) in [6, 6.07) is -0.295. The number of hydrogen-bond acceptors (Lipinski definition) is 3. The molecule has 0 bridgehead atoms. The standard InChI is InChI=1S/C10H17N3O2Si/c1-7-11-13(16(2,3)4)10(15)8-5-6-9(14)12(7)8/h8H,5-6H2,1-4H3. The van der Waals surface area contributed by atoms with Crippen molar-refractivity contribution in [1.29, 1.82) is 0 Å². The van der Waals surface area contributed by atoms with Crippen molar-refractivity contribution in [2.24, 2.45) is 5.10 Å². The van der Waals surface area contributed by atoms with E-state index in [0.29, 0.717) is 18.7 Å². The van der Waals surface area contributed by atoms with Crippen molar-refractivity contribution in [3.05, 3.63) is 0 Å². The molecular formula is C10H17N3O2Si. The summed E-state index contributed by atoms with van der Waals surface area (Å²) in [6.45, 7) is 8.03. The molecule has 6 heteroatoms. The van der Waals surface area contributed by atoms with E-state index < -0.39 is 8.24 Å². The molecule has 0 aromatic heterocycles. The molecule has 2 aliphatic rings. The number of amidine groups is 1. The number of amides is 2. The molecule has 1 fully saturated rings. The van der Waals surface area contributed by atoms with Gasteiger partial charge in [-0.1, -0.05) is 0 Å². The van der Waals surface area contributed by atoms with Crippen LogP contribution >= 0.6 is 0 Å². The molecule has 16 heavy (non-hydrogen) atoms. The van der Waals surface area contributed by atoms with E-state index in [1.54, 1.807) is 16.5 Å². The second-order valence-electron chi connectivity index (χ2n) is 5.29. The molecule has 0 aromatic carbocycles. The summed E-state index contributed by atoms with van der Waals surface area (Å²) in [7, 11) is -1.78. The van der Waals surface area contributed by atoms with Gasteiger partial charge in [0.05, 0.1) is 0 Å². The molecule has 0 N–H and O–H groups in total. The zero-order valence-corrected chi connectivity index (χ0v) is 11.1. The van der Waals surface area contributed by atoms with E-state index in [4.69, 9.17) is 0 Å². The third-order valence-corrected chi connectivity index (χ3v) is 4.53. The highest BCUT2D eigenvalue weighted by Gasteiger charge is 2.46. The van der Waals surface area contributed by atoms with Crippen LogP contribution < -0.4 is 0 Å². The fourth-order valence-corrected chi connectivity index (χ4v) is 3.44. The van der Waals surface area contributed by atoms with E-state index in [1.807, 2.05) is 0 Å². The van der Waals surface area contributed by atoms with Crippen molar-refractivity contribution in [2.75, 3.05) is 0 Å². The van der Waals surface area contributed by atoms with Gasteiger partial charge in [0.25, 0.3) is 5.91 Å². The van der Waals surface area contributed by atoms with Gasteiger partial charge in [0.2, 0.25) is 5.91 Å². The first-order valence-corrected chi connectivity index (χ1v) is 8.98. The quantitative estimate of drug-likeness (QED) is 0.641. The van der Waals surface area contributed by atoms with Crippen molar-refractivity contribution >= 4 is 25.9 Å². The van der Waals surface area contributed by atoms with E-state index in [2.05, 4.69) is 24.7 Å². The Hall–Kier alpha value is -1.17.